The van der Waals surface area contributed by atoms with Gasteiger partial charge < -0.3 is 9.64 Å². The summed E-state index contributed by atoms with van der Waals surface area (Å²) in [6.45, 7) is 5.97. The van der Waals surface area contributed by atoms with Crippen molar-refractivity contribution in [3.63, 3.8) is 0 Å². The maximum Gasteiger partial charge on any atom is 0.310 e. The van der Waals surface area contributed by atoms with E-state index in [1.165, 1.54) is 7.11 Å². The molecule has 1 unspecified atom stereocenters. The molecule has 0 saturated heterocycles. The van der Waals surface area contributed by atoms with Crippen LogP contribution in [0.4, 0.5) is 0 Å². The largest absolute Gasteiger partial charge is 0.469 e. The van der Waals surface area contributed by atoms with Gasteiger partial charge in [-0.05, 0) is 18.2 Å². The Bertz CT molecular complexity index is 502. The molecule has 108 valence electrons. The Hall–Kier alpha value is -1.81. The van der Waals surface area contributed by atoms with E-state index < -0.39 is 5.92 Å². The summed E-state index contributed by atoms with van der Waals surface area (Å²) in [4.78, 5) is 25.4. The second-order valence-electron chi connectivity index (χ2n) is 4.43. The molecule has 0 fully saturated rings. The molecule has 1 aromatic rings. The monoisotopic (exact) mass is 295 g/mol. The Labute approximate surface area is 124 Å². The lowest BCUT2D eigenvalue weighted by atomic mass is 10.1. The van der Waals surface area contributed by atoms with Crippen molar-refractivity contribution in [2.75, 3.05) is 20.2 Å². The summed E-state index contributed by atoms with van der Waals surface area (Å²) in [5.41, 5.74) is 0.483. The highest BCUT2D eigenvalue weighted by molar-refractivity contribution is 6.30. The Morgan fingerprint density at radius 1 is 1.50 bits per heavy atom. The van der Waals surface area contributed by atoms with Crippen molar-refractivity contribution in [1.82, 2.24) is 4.90 Å². The first kappa shape index (κ1) is 16.2. The summed E-state index contributed by atoms with van der Waals surface area (Å²) < 4.78 is 4.67. The van der Waals surface area contributed by atoms with Crippen molar-refractivity contribution < 1.29 is 14.3 Å². The summed E-state index contributed by atoms with van der Waals surface area (Å²) in [5, 5.41) is 0.496. The van der Waals surface area contributed by atoms with Crippen LogP contribution in [0.25, 0.3) is 0 Å². The quantitative estimate of drug-likeness (QED) is 0.599. The van der Waals surface area contributed by atoms with Crippen LogP contribution in [0, 0.1) is 5.92 Å². The van der Waals surface area contributed by atoms with E-state index in [4.69, 9.17) is 11.6 Å². The molecule has 0 bridgehead atoms. The molecule has 0 aliphatic heterocycles. The summed E-state index contributed by atoms with van der Waals surface area (Å²) in [7, 11) is 1.33. The summed E-state index contributed by atoms with van der Waals surface area (Å²) in [5.74, 6) is -0.941. The second-order valence-corrected chi connectivity index (χ2v) is 4.87. The normalized spacial score (nSPS) is 11.6. The van der Waals surface area contributed by atoms with Crippen molar-refractivity contribution in [1.29, 1.82) is 0 Å². The highest BCUT2D eigenvalue weighted by Gasteiger charge is 2.21. The fourth-order valence-electron chi connectivity index (χ4n) is 1.81. The lowest BCUT2D eigenvalue weighted by Crippen LogP contribution is -2.37. The van der Waals surface area contributed by atoms with Gasteiger partial charge in [0.15, 0.2) is 0 Å². The summed E-state index contributed by atoms with van der Waals surface area (Å²) >= 11 is 5.88. The van der Waals surface area contributed by atoms with Crippen LogP contribution in [-0.4, -0.2) is 37.0 Å². The Morgan fingerprint density at radius 3 is 2.75 bits per heavy atom. The topological polar surface area (TPSA) is 46.6 Å². The molecule has 5 heteroatoms. The average Bonchev–Trinajstić information content (AvgIpc) is 2.45. The first-order chi connectivity index (χ1) is 9.49. The maximum absolute atomic E-state index is 12.4. The standard InChI is InChI=1S/C15H18ClNO3/c1-4-8-17(10-11(2)15(19)20-3)14(18)12-6-5-7-13(16)9-12/h4-7,9,11H,1,8,10H2,2-3H3. The number of hydrogen-bond acceptors (Lipinski definition) is 3. The molecule has 1 atom stereocenters. The minimum Gasteiger partial charge on any atom is -0.469 e. The molecule has 0 radical (unpaired) electrons. The number of ether oxygens (including phenoxy) is 1. The number of hydrogen-bond donors (Lipinski definition) is 0. The highest BCUT2D eigenvalue weighted by atomic mass is 35.5. The van der Waals surface area contributed by atoms with Crippen LogP contribution >= 0.6 is 11.6 Å². The van der Waals surface area contributed by atoms with E-state index in [0.717, 1.165) is 0 Å². The molecule has 0 saturated carbocycles. The molecule has 0 aromatic heterocycles. The van der Waals surface area contributed by atoms with E-state index in [1.807, 2.05) is 0 Å². The summed E-state index contributed by atoms with van der Waals surface area (Å²) in [6.07, 6.45) is 1.62. The third-order valence-corrected chi connectivity index (χ3v) is 3.04. The lowest BCUT2D eigenvalue weighted by molar-refractivity contribution is -0.145. The molecule has 20 heavy (non-hydrogen) atoms. The van der Waals surface area contributed by atoms with Gasteiger partial charge in [0.1, 0.15) is 0 Å². The number of benzene rings is 1. The zero-order valence-electron chi connectivity index (χ0n) is 11.6. The summed E-state index contributed by atoms with van der Waals surface area (Å²) in [6, 6.07) is 6.70. The Kier molecular flexibility index (Phi) is 6.25. The highest BCUT2D eigenvalue weighted by Crippen LogP contribution is 2.14. The molecule has 0 aliphatic carbocycles. The lowest BCUT2D eigenvalue weighted by Gasteiger charge is -2.23. The number of rotatable bonds is 6. The van der Waals surface area contributed by atoms with Crippen molar-refractivity contribution in [2.24, 2.45) is 5.92 Å². The van der Waals surface area contributed by atoms with Gasteiger partial charge >= 0.3 is 5.97 Å². The average molecular weight is 296 g/mol. The van der Waals surface area contributed by atoms with E-state index in [1.54, 1.807) is 42.2 Å². The molecule has 0 spiro atoms. The number of amides is 1. The van der Waals surface area contributed by atoms with Gasteiger partial charge in [-0.1, -0.05) is 30.7 Å². The zero-order chi connectivity index (χ0) is 15.1. The van der Waals surface area contributed by atoms with E-state index in [2.05, 4.69) is 11.3 Å². The minimum absolute atomic E-state index is 0.192. The smallest absolute Gasteiger partial charge is 0.310 e. The van der Waals surface area contributed by atoms with Gasteiger partial charge in [0.05, 0.1) is 13.0 Å². The van der Waals surface area contributed by atoms with Crippen LogP contribution in [0.3, 0.4) is 0 Å². The SMILES string of the molecule is C=CCN(CC(C)C(=O)OC)C(=O)c1cccc(Cl)c1. The number of carbonyl (C=O) groups excluding carboxylic acids is 2. The van der Waals surface area contributed by atoms with Gasteiger partial charge in [-0.25, -0.2) is 0 Å². The minimum atomic E-state index is -0.400. The van der Waals surface area contributed by atoms with E-state index in [0.29, 0.717) is 17.1 Å². The first-order valence-electron chi connectivity index (χ1n) is 6.23. The first-order valence-corrected chi connectivity index (χ1v) is 6.61. The zero-order valence-corrected chi connectivity index (χ0v) is 12.4. The number of carbonyl (C=O) groups is 2. The number of methoxy groups -OCH3 is 1. The molecule has 0 heterocycles. The molecule has 1 amide bonds. The van der Waals surface area contributed by atoms with Crippen LogP contribution in [0.2, 0.25) is 5.02 Å². The Morgan fingerprint density at radius 2 is 2.20 bits per heavy atom. The van der Waals surface area contributed by atoms with Gasteiger partial charge in [0, 0.05) is 23.7 Å². The van der Waals surface area contributed by atoms with Crippen molar-refractivity contribution in [2.45, 2.75) is 6.92 Å². The third kappa shape index (κ3) is 4.38. The van der Waals surface area contributed by atoms with E-state index in [-0.39, 0.29) is 18.4 Å². The van der Waals surface area contributed by atoms with Gasteiger partial charge in [-0.3, -0.25) is 9.59 Å². The predicted molar refractivity (Wildman–Crippen MR) is 78.7 cm³/mol. The molecule has 1 aromatic carbocycles. The van der Waals surface area contributed by atoms with Crippen LogP contribution in [0.15, 0.2) is 36.9 Å². The fraction of sp³-hybridized carbons (Fsp3) is 0.333. The second kappa shape index (κ2) is 7.70. The maximum atomic E-state index is 12.4. The number of esters is 1. The predicted octanol–water partition coefficient (Wildman–Crippen LogP) is 2.78. The third-order valence-electron chi connectivity index (χ3n) is 2.81. The molecular weight excluding hydrogens is 278 g/mol. The molecular formula is C15H18ClNO3. The molecule has 1 rings (SSSR count). The van der Waals surface area contributed by atoms with Gasteiger partial charge in [-0.2, -0.15) is 0 Å². The van der Waals surface area contributed by atoms with Crippen molar-refractivity contribution in [3.8, 4) is 0 Å². The van der Waals surface area contributed by atoms with Crippen LogP contribution < -0.4 is 0 Å². The van der Waals surface area contributed by atoms with Crippen LogP contribution in [0.5, 0.6) is 0 Å². The fourth-order valence-corrected chi connectivity index (χ4v) is 2.00. The Balaban J connectivity index is 2.87. The van der Waals surface area contributed by atoms with Gasteiger partial charge in [0.2, 0.25) is 0 Å². The van der Waals surface area contributed by atoms with E-state index >= 15 is 0 Å². The van der Waals surface area contributed by atoms with E-state index in [9.17, 15) is 9.59 Å². The van der Waals surface area contributed by atoms with Crippen molar-refractivity contribution >= 4 is 23.5 Å². The molecule has 0 aliphatic rings. The van der Waals surface area contributed by atoms with Crippen LogP contribution in [0.1, 0.15) is 17.3 Å². The molecule has 4 nitrogen and oxygen atoms in total. The number of halogens is 1. The van der Waals surface area contributed by atoms with Gasteiger partial charge in [-0.15, -0.1) is 6.58 Å². The van der Waals surface area contributed by atoms with Crippen molar-refractivity contribution in [3.05, 3.63) is 47.5 Å². The van der Waals surface area contributed by atoms with Crippen LogP contribution in [-0.2, 0) is 9.53 Å². The molecule has 0 N–H and O–H groups in total. The number of nitrogens with zero attached hydrogens (tertiary/aromatic N) is 1. The van der Waals surface area contributed by atoms with Gasteiger partial charge in [0.25, 0.3) is 5.91 Å².